The summed E-state index contributed by atoms with van der Waals surface area (Å²) in [4.78, 5) is 27.4. The zero-order valence-electron chi connectivity index (χ0n) is 14.5. The number of carbonyl (C=O) groups excluding carboxylic acids is 1. The molecule has 3 rings (SSSR count). The molecule has 1 heterocycles. The van der Waals surface area contributed by atoms with Crippen molar-refractivity contribution in [3.63, 3.8) is 0 Å². The molecule has 0 aliphatic heterocycles. The molecule has 2 aromatic carbocycles. The highest BCUT2D eigenvalue weighted by Gasteiger charge is 2.12. The molecular weight excluding hydrogens is 328 g/mol. The average molecular weight is 348 g/mol. The second-order valence-corrected chi connectivity index (χ2v) is 5.70. The Bertz CT molecular complexity index is 949. The van der Waals surface area contributed by atoms with E-state index in [-0.39, 0.29) is 12.1 Å². The Balaban J connectivity index is 1.74. The van der Waals surface area contributed by atoms with E-state index >= 15 is 0 Å². The van der Waals surface area contributed by atoms with Crippen LogP contribution in [0, 0.1) is 0 Å². The Morgan fingerprint density at radius 2 is 1.73 bits per heavy atom. The molecule has 0 spiro atoms. The van der Waals surface area contributed by atoms with Crippen LogP contribution in [0.15, 0.2) is 71.5 Å². The highest BCUT2D eigenvalue weighted by Crippen LogP contribution is 2.18. The zero-order chi connectivity index (χ0) is 18.4. The third kappa shape index (κ3) is 4.00. The van der Waals surface area contributed by atoms with E-state index < -0.39 is 11.5 Å². The van der Waals surface area contributed by atoms with Gasteiger partial charge in [0.2, 0.25) is 0 Å². The van der Waals surface area contributed by atoms with Gasteiger partial charge in [0.1, 0.15) is 11.3 Å². The third-order valence-corrected chi connectivity index (χ3v) is 3.95. The molecule has 3 aromatic rings. The summed E-state index contributed by atoms with van der Waals surface area (Å²) in [5.41, 5.74) is 2.09. The first-order valence-corrected chi connectivity index (χ1v) is 8.46. The number of ether oxygens (including phenoxy) is 1. The van der Waals surface area contributed by atoms with Gasteiger partial charge in [0.15, 0.2) is 0 Å². The molecule has 132 valence electrons. The minimum absolute atomic E-state index is 0.0820. The Kier molecular flexibility index (Phi) is 5.49. The summed E-state index contributed by atoms with van der Waals surface area (Å²) in [7, 11) is 0. The van der Waals surface area contributed by atoms with Crippen LogP contribution in [0.3, 0.4) is 0 Å². The summed E-state index contributed by atoms with van der Waals surface area (Å²) in [5.74, 6) is 0.306. The topological polar surface area (TPSA) is 71.2 Å². The van der Waals surface area contributed by atoms with Gasteiger partial charge in [-0.15, -0.1) is 0 Å². The van der Waals surface area contributed by atoms with Gasteiger partial charge < -0.3 is 15.0 Å². The van der Waals surface area contributed by atoms with Crippen LogP contribution in [0.2, 0.25) is 0 Å². The molecule has 0 aliphatic rings. The van der Waals surface area contributed by atoms with Crippen molar-refractivity contribution in [3.8, 4) is 17.0 Å². The summed E-state index contributed by atoms with van der Waals surface area (Å²) in [6.45, 7) is 2.74. The van der Waals surface area contributed by atoms with Gasteiger partial charge in [-0.05, 0) is 30.7 Å². The maximum Gasteiger partial charge on any atom is 0.261 e. The molecule has 1 amide bonds. The molecule has 26 heavy (non-hydrogen) atoms. The molecule has 0 saturated heterocycles. The van der Waals surface area contributed by atoms with Gasteiger partial charge in [-0.2, -0.15) is 0 Å². The maximum absolute atomic E-state index is 12.4. The van der Waals surface area contributed by atoms with Crippen molar-refractivity contribution < 1.29 is 9.53 Å². The van der Waals surface area contributed by atoms with Crippen LogP contribution in [-0.2, 0) is 6.54 Å². The van der Waals surface area contributed by atoms with Crippen molar-refractivity contribution in [2.75, 3.05) is 6.61 Å². The molecule has 1 aromatic heterocycles. The van der Waals surface area contributed by atoms with Crippen LogP contribution in [0.5, 0.6) is 5.75 Å². The van der Waals surface area contributed by atoms with Gasteiger partial charge in [0.25, 0.3) is 11.5 Å². The molecule has 0 saturated carbocycles. The molecule has 2 N–H and O–H groups in total. The SMILES string of the molecule is CCOc1ccccc1CNC(=O)c1ccc(-c2ccccc2)[nH]c1=O. The van der Waals surface area contributed by atoms with Gasteiger partial charge in [0, 0.05) is 17.8 Å². The number of H-pyrrole nitrogens is 1. The molecule has 5 heteroatoms. The number of hydrogen-bond donors (Lipinski definition) is 2. The van der Waals surface area contributed by atoms with Crippen LogP contribution in [-0.4, -0.2) is 17.5 Å². The Hall–Kier alpha value is -3.34. The number of rotatable bonds is 6. The predicted octanol–water partition coefficient (Wildman–Crippen LogP) is 3.37. The lowest BCUT2D eigenvalue weighted by atomic mass is 10.1. The highest BCUT2D eigenvalue weighted by atomic mass is 16.5. The summed E-state index contributed by atoms with van der Waals surface area (Å²) in [5, 5.41) is 2.78. The number of carbonyl (C=O) groups is 1. The van der Waals surface area contributed by atoms with Crippen LogP contribution < -0.4 is 15.6 Å². The Labute approximate surface area is 151 Å². The van der Waals surface area contributed by atoms with E-state index in [9.17, 15) is 9.59 Å². The molecule has 0 aliphatic carbocycles. The number of amides is 1. The number of aromatic amines is 1. The van der Waals surface area contributed by atoms with Gasteiger partial charge in [-0.1, -0.05) is 48.5 Å². The minimum atomic E-state index is -0.419. The number of hydrogen-bond acceptors (Lipinski definition) is 3. The van der Waals surface area contributed by atoms with Gasteiger partial charge in [-0.3, -0.25) is 9.59 Å². The number of aromatic nitrogens is 1. The van der Waals surface area contributed by atoms with Gasteiger partial charge in [0.05, 0.1) is 6.61 Å². The summed E-state index contributed by atoms with van der Waals surface area (Å²) >= 11 is 0. The molecule has 0 radical (unpaired) electrons. The van der Waals surface area contributed by atoms with E-state index in [0.29, 0.717) is 12.3 Å². The van der Waals surface area contributed by atoms with Crippen molar-refractivity contribution in [1.29, 1.82) is 0 Å². The molecule has 5 nitrogen and oxygen atoms in total. The maximum atomic E-state index is 12.4. The van der Waals surface area contributed by atoms with Crippen LogP contribution in [0.1, 0.15) is 22.8 Å². The average Bonchev–Trinajstić information content (AvgIpc) is 2.68. The normalized spacial score (nSPS) is 10.3. The lowest BCUT2D eigenvalue weighted by molar-refractivity contribution is 0.0949. The predicted molar refractivity (Wildman–Crippen MR) is 101 cm³/mol. The number of pyridine rings is 1. The van der Waals surface area contributed by atoms with E-state index in [1.165, 1.54) is 0 Å². The Morgan fingerprint density at radius 3 is 2.46 bits per heavy atom. The first-order chi connectivity index (χ1) is 12.7. The first kappa shape index (κ1) is 17.5. The van der Waals surface area contributed by atoms with E-state index in [4.69, 9.17) is 4.74 Å². The first-order valence-electron chi connectivity index (χ1n) is 8.46. The number of benzene rings is 2. The fraction of sp³-hybridized carbons (Fsp3) is 0.143. The van der Waals surface area contributed by atoms with E-state index in [1.807, 2.05) is 61.5 Å². The third-order valence-electron chi connectivity index (χ3n) is 3.95. The summed E-state index contributed by atoms with van der Waals surface area (Å²) in [6.07, 6.45) is 0. The second-order valence-electron chi connectivity index (χ2n) is 5.70. The quantitative estimate of drug-likeness (QED) is 0.717. The fourth-order valence-electron chi connectivity index (χ4n) is 2.66. The van der Waals surface area contributed by atoms with E-state index in [1.54, 1.807) is 12.1 Å². The minimum Gasteiger partial charge on any atom is -0.494 e. The van der Waals surface area contributed by atoms with Crippen molar-refractivity contribution in [3.05, 3.63) is 88.2 Å². The number of para-hydroxylation sites is 1. The molecular formula is C21H20N2O3. The van der Waals surface area contributed by atoms with Gasteiger partial charge in [-0.25, -0.2) is 0 Å². The van der Waals surface area contributed by atoms with Crippen LogP contribution in [0.25, 0.3) is 11.3 Å². The van der Waals surface area contributed by atoms with E-state index in [0.717, 1.165) is 16.9 Å². The summed E-state index contributed by atoms with van der Waals surface area (Å²) < 4.78 is 5.54. The smallest absolute Gasteiger partial charge is 0.261 e. The lowest BCUT2D eigenvalue weighted by Gasteiger charge is -2.11. The lowest BCUT2D eigenvalue weighted by Crippen LogP contribution is -2.29. The molecule has 0 fully saturated rings. The van der Waals surface area contributed by atoms with Crippen LogP contribution in [0.4, 0.5) is 0 Å². The van der Waals surface area contributed by atoms with Crippen molar-refractivity contribution in [1.82, 2.24) is 10.3 Å². The van der Waals surface area contributed by atoms with Gasteiger partial charge >= 0.3 is 0 Å². The standard InChI is InChI=1S/C21H20N2O3/c1-2-26-19-11-7-6-10-16(19)14-22-20(24)17-12-13-18(23-21(17)25)15-8-4-3-5-9-15/h3-13H,2,14H2,1H3,(H,22,24)(H,23,25). The molecule has 0 bridgehead atoms. The zero-order valence-corrected chi connectivity index (χ0v) is 14.5. The van der Waals surface area contributed by atoms with Crippen molar-refractivity contribution >= 4 is 5.91 Å². The number of nitrogens with one attached hydrogen (secondary N) is 2. The van der Waals surface area contributed by atoms with Crippen LogP contribution >= 0.6 is 0 Å². The largest absolute Gasteiger partial charge is 0.494 e. The summed E-state index contributed by atoms with van der Waals surface area (Å²) in [6, 6.07) is 20.3. The highest BCUT2D eigenvalue weighted by molar-refractivity contribution is 5.94. The second kappa shape index (κ2) is 8.16. The van der Waals surface area contributed by atoms with E-state index in [2.05, 4.69) is 10.3 Å². The van der Waals surface area contributed by atoms with Crippen molar-refractivity contribution in [2.24, 2.45) is 0 Å². The molecule has 0 atom stereocenters. The van der Waals surface area contributed by atoms with Crippen molar-refractivity contribution in [2.45, 2.75) is 13.5 Å². The molecule has 0 unspecified atom stereocenters. The fourth-order valence-corrected chi connectivity index (χ4v) is 2.66. The monoisotopic (exact) mass is 348 g/mol. The Morgan fingerprint density at radius 1 is 1.00 bits per heavy atom.